The Kier molecular flexibility index (Phi) is 2.78. The first-order valence-electron chi connectivity index (χ1n) is 6.46. The van der Waals surface area contributed by atoms with E-state index in [0.717, 1.165) is 5.56 Å². The third kappa shape index (κ3) is 1.97. The molecule has 0 bridgehead atoms. The van der Waals surface area contributed by atoms with E-state index in [1.165, 1.54) is 16.8 Å². The molecule has 0 spiro atoms. The lowest BCUT2D eigenvalue weighted by Crippen LogP contribution is -2.04. The molecule has 22 heavy (non-hydrogen) atoms. The van der Waals surface area contributed by atoms with Crippen molar-refractivity contribution in [2.45, 2.75) is 0 Å². The van der Waals surface area contributed by atoms with Gasteiger partial charge >= 0.3 is 0 Å². The summed E-state index contributed by atoms with van der Waals surface area (Å²) >= 11 is 0. The molecule has 0 fully saturated rings. The first kappa shape index (κ1) is 12.5. The summed E-state index contributed by atoms with van der Waals surface area (Å²) in [5.41, 5.74) is 1.41. The van der Waals surface area contributed by atoms with E-state index in [1.54, 1.807) is 22.9 Å². The quantitative estimate of drug-likeness (QED) is 0.579. The SMILES string of the molecule is Fc1ccc(-c2cnnn2-c2nonc2-n2cccc2)cc1. The molecular weight excluding hydrogens is 287 g/mol. The van der Waals surface area contributed by atoms with Crippen LogP contribution in [0.25, 0.3) is 22.9 Å². The van der Waals surface area contributed by atoms with Gasteiger partial charge < -0.3 is 4.57 Å². The molecule has 7 nitrogen and oxygen atoms in total. The van der Waals surface area contributed by atoms with Crippen molar-refractivity contribution in [2.75, 3.05) is 0 Å². The summed E-state index contributed by atoms with van der Waals surface area (Å²) in [6.07, 6.45) is 5.20. The minimum Gasteiger partial charge on any atom is -0.303 e. The van der Waals surface area contributed by atoms with Gasteiger partial charge in [0.25, 0.3) is 0 Å². The van der Waals surface area contributed by atoms with Gasteiger partial charge in [0.15, 0.2) is 0 Å². The van der Waals surface area contributed by atoms with E-state index in [4.69, 9.17) is 4.63 Å². The van der Waals surface area contributed by atoms with Crippen molar-refractivity contribution in [1.82, 2.24) is 29.9 Å². The molecular formula is C14H9FN6O. The number of halogens is 1. The van der Waals surface area contributed by atoms with Gasteiger partial charge in [0, 0.05) is 18.0 Å². The maximum Gasteiger partial charge on any atom is 0.245 e. The average molecular weight is 296 g/mol. The maximum absolute atomic E-state index is 13.1. The summed E-state index contributed by atoms with van der Waals surface area (Å²) in [6.45, 7) is 0. The molecule has 0 aliphatic rings. The summed E-state index contributed by atoms with van der Waals surface area (Å²) in [5, 5.41) is 15.7. The fourth-order valence-corrected chi connectivity index (χ4v) is 2.16. The topological polar surface area (TPSA) is 74.6 Å². The van der Waals surface area contributed by atoms with Crippen LogP contribution in [0.3, 0.4) is 0 Å². The van der Waals surface area contributed by atoms with E-state index in [2.05, 4.69) is 20.6 Å². The molecule has 0 aliphatic heterocycles. The predicted octanol–water partition coefficient (Wildman–Crippen LogP) is 2.25. The molecule has 3 heterocycles. The van der Waals surface area contributed by atoms with Crippen LogP contribution in [0, 0.1) is 5.82 Å². The van der Waals surface area contributed by atoms with E-state index >= 15 is 0 Å². The van der Waals surface area contributed by atoms with Gasteiger partial charge in [-0.05, 0) is 46.7 Å². The van der Waals surface area contributed by atoms with Crippen molar-refractivity contribution in [3.05, 3.63) is 60.8 Å². The van der Waals surface area contributed by atoms with Gasteiger partial charge in [-0.1, -0.05) is 5.21 Å². The Hall–Kier alpha value is -3.29. The first-order valence-corrected chi connectivity index (χ1v) is 6.46. The molecule has 0 saturated carbocycles. The fraction of sp³-hybridized carbons (Fsp3) is 0. The van der Waals surface area contributed by atoms with Gasteiger partial charge in [0.05, 0.1) is 11.9 Å². The zero-order valence-electron chi connectivity index (χ0n) is 11.2. The Morgan fingerprint density at radius 1 is 0.955 bits per heavy atom. The number of aromatic nitrogens is 6. The fourth-order valence-electron chi connectivity index (χ4n) is 2.16. The third-order valence-corrected chi connectivity index (χ3v) is 3.19. The lowest BCUT2D eigenvalue weighted by Gasteiger charge is -2.04. The van der Waals surface area contributed by atoms with Gasteiger partial charge in [-0.25, -0.2) is 9.02 Å². The van der Waals surface area contributed by atoms with Crippen LogP contribution in [0.2, 0.25) is 0 Å². The second kappa shape index (κ2) is 4.92. The van der Waals surface area contributed by atoms with Crippen LogP contribution in [0.15, 0.2) is 59.6 Å². The van der Waals surface area contributed by atoms with E-state index in [-0.39, 0.29) is 5.82 Å². The number of hydrogen-bond acceptors (Lipinski definition) is 5. The molecule has 1 aromatic carbocycles. The predicted molar refractivity (Wildman–Crippen MR) is 73.9 cm³/mol. The number of rotatable bonds is 3. The smallest absolute Gasteiger partial charge is 0.245 e. The van der Waals surface area contributed by atoms with Crippen LogP contribution in [0.5, 0.6) is 0 Å². The molecule has 0 N–H and O–H groups in total. The lowest BCUT2D eigenvalue weighted by atomic mass is 10.1. The highest BCUT2D eigenvalue weighted by Crippen LogP contribution is 2.23. The molecule has 0 aliphatic carbocycles. The third-order valence-electron chi connectivity index (χ3n) is 3.19. The van der Waals surface area contributed by atoms with Gasteiger partial charge in [-0.2, -0.15) is 4.68 Å². The number of hydrogen-bond donors (Lipinski definition) is 0. The molecule has 0 amide bonds. The monoisotopic (exact) mass is 296 g/mol. The van der Waals surface area contributed by atoms with Crippen molar-refractivity contribution in [3.63, 3.8) is 0 Å². The minimum atomic E-state index is -0.307. The standard InChI is InChI=1S/C14H9FN6O/c15-11-5-3-10(4-6-11)12-9-16-19-21(12)14-13(17-22-18-14)20-7-1-2-8-20/h1-9H. The molecule has 3 aromatic heterocycles. The normalized spacial score (nSPS) is 11.0. The molecule has 0 radical (unpaired) electrons. The van der Waals surface area contributed by atoms with E-state index in [1.807, 2.05) is 24.5 Å². The largest absolute Gasteiger partial charge is 0.303 e. The number of benzene rings is 1. The second-order valence-electron chi connectivity index (χ2n) is 4.54. The van der Waals surface area contributed by atoms with Gasteiger partial charge in [0.1, 0.15) is 5.82 Å². The minimum absolute atomic E-state index is 0.307. The van der Waals surface area contributed by atoms with E-state index in [9.17, 15) is 4.39 Å². The Morgan fingerprint density at radius 3 is 2.45 bits per heavy atom. The molecule has 0 atom stereocenters. The summed E-state index contributed by atoms with van der Waals surface area (Å²) in [7, 11) is 0. The molecule has 108 valence electrons. The summed E-state index contributed by atoms with van der Waals surface area (Å²) in [5.74, 6) is 0.575. The Balaban J connectivity index is 1.84. The Morgan fingerprint density at radius 2 is 1.68 bits per heavy atom. The molecule has 0 saturated heterocycles. The van der Waals surface area contributed by atoms with Gasteiger partial charge in [0.2, 0.25) is 11.6 Å². The first-order chi connectivity index (χ1) is 10.8. The van der Waals surface area contributed by atoms with Crippen molar-refractivity contribution in [1.29, 1.82) is 0 Å². The van der Waals surface area contributed by atoms with Crippen molar-refractivity contribution < 1.29 is 9.02 Å². The van der Waals surface area contributed by atoms with E-state index in [0.29, 0.717) is 17.3 Å². The summed E-state index contributed by atoms with van der Waals surface area (Å²) in [6, 6.07) is 9.77. The van der Waals surface area contributed by atoms with Crippen LogP contribution in [-0.2, 0) is 0 Å². The Labute approximate surface area is 123 Å². The summed E-state index contributed by atoms with van der Waals surface area (Å²) in [4.78, 5) is 0. The van der Waals surface area contributed by atoms with Crippen LogP contribution in [-0.4, -0.2) is 29.9 Å². The average Bonchev–Trinajstić information content (AvgIpc) is 3.27. The highest BCUT2D eigenvalue weighted by atomic mass is 19.1. The lowest BCUT2D eigenvalue weighted by molar-refractivity contribution is 0.304. The van der Waals surface area contributed by atoms with Crippen LogP contribution >= 0.6 is 0 Å². The highest BCUT2D eigenvalue weighted by Gasteiger charge is 2.18. The molecule has 0 unspecified atom stereocenters. The Bertz CT molecular complexity index is 894. The van der Waals surface area contributed by atoms with Crippen molar-refractivity contribution in [3.8, 4) is 22.9 Å². The second-order valence-corrected chi connectivity index (χ2v) is 4.54. The summed E-state index contributed by atoms with van der Waals surface area (Å²) < 4.78 is 21.2. The zero-order chi connectivity index (χ0) is 14.9. The van der Waals surface area contributed by atoms with Crippen LogP contribution in [0.4, 0.5) is 4.39 Å². The van der Waals surface area contributed by atoms with Crippen LogP contribution in [0.1, 0.15) is 0 Å². The molecule has 4 rings (SSSR count). The van der Waals surface area contributed by atoms with E-state index < -0.39 is 0 Å². The van der Waals surface area contributed by atoms with Gasteiger partial charge in [-0.3, -0.25) is 0 Å². The van der Waals surface area contributed by atoms with Gasteiger partial charge in [-0.15, -0.1) is 5.10 Å². The van der Waals surface area contributed by atoms with Crippen LogP contribution < -0.4 is 0 Å². The van der Waals surface area contributed by atoms with Crippen molar-refractivity contribution >= 4 is 0 Å². The van der Waals surface area contributed by atoms with Crippen molar-refractivity contribution in [2.24, 2.45) is 0 Å². The number of nitrogens with zero attached hydrogens (tertiary/aromatic N) is 6. The zero-order valence-corrected chi connectivity index (χ0v) is 11.2. The maximum atomic E-state index is 13.1. The molecule has 8 heteroatoms. The molecule has 4 aromatic rings. The highest BCUT2D eigenvalue weighted by molar-refractivity contribution is 5.61.